The van der Waals surface area contributed by atoms with Gasteiger partial charge in [0.15, 0.2) is 0 Å². The molecule has 2 rings (SSSR count). The van der Waals surface area contributed by atoms with Gasteiger partial charge in [0.05, 0.1) is 32.1 Å². The smallest absolute Gasteiger partial charge is 0.249 e. The van der Waals surface area contributed by atoms with Gasteiger partial charge in [0.2, 0.25) is 5.91 Å². The van der Waals surface area contributed by atoms with E-state index in [0.717, 1.165) is 5.69 Å². The van der Waals surface area contributed by atoms with Crippen molar-refractivity contribution in [3.05, 3.63) is 44.7 Å². The summed E-state index contributed by atoms with van der Waals surface area (Å²) < 4.78 is 1.58. The molecule has 1 aromatic heterocycles. The Morgan fingerprint density at radius 3 is 2.29 bits per heavy atom. The van der Waals surface area contributed by atoms with Crippen molar-refractivity contribution in [3.63, 3.8) is 0 Å². The zero-order valence-electron chi connectivity index (χ0n) is 11.7. The van der Waals surface area contributed by atoms with Gasteiger partial charge < -0.3 is 5.32 Å². The number of anilines is 1. The van der Waals surface area contributed by atoms with Gasteiger partial charge in [-0.1, -0.05) is 40.9 Å². The Bertz CT molecular complexity index is 677. The second-order valence-corrected chi connectivity index (χ2v) is 5.88. The minimum Gasteiger partial charge on any atom is -0.322 e. The first-order valence-electron chi connectivity index (χ1n) is 6.29. The van der Waals surface area contributed by atoms with Gasteiger partial charge in [-0.3, -0.25) is 9.48 Å². The van der Waals surface area contributed by atoms with Gasteiger partial charge in [0.25, 0.3) is 0 Å². The summed E-state index contributed by atoms with van der Waals surface area (Å²) in [5, 5.41) is 8.33. The Morgan fingerprint density at radius 2 is 1.81 bits per heavy atom. The Kier molecular flexibility index (Phi) is 4.81. The number of para-hydroxylation sites is 1. The summed E-state index contributed by atoms with van der Waals surface area (Å²) in [6, 6.07) is 4.50. The topological polar surface area (TPSA) is 46.9 Å². The summed E-state index contributed by atoms with van der Waals surface area (Å²) in [5.74, 6) is -0.271. The minimum absolute atomic E-state index is 0.271. The fourth-order valence-electron chi connectivity index (χ4n) is 1.98. The average Bonchev–Trinajstić information content (AvgIpc) is 2.69. The number of carbonyl (C=O) groups excluding carboxylic acids is 1. The molecule has 2 aromatic rings. The second-order valence-electron chi connectivity index (χ2n) is 4.69. The molecular weight excluding hydrogens is 333 g/mol. The van der Waals surface area contributed by atoms with Gasteiger partial charge >= 0.3 is 0 Å². The summed E-state index contributed by atoms with van der Waals surface area (Å²) in [5.41, 5.74) is 1.82. The third-order valence-electron chi connectivity index (χ3n) is 3.19. The number of halogens is 3. The van der Waals surface area contributed by atoms with E-state index in [4.69, 9.17) is 34.8 Å². The summed E-state index contributed by atoms with van der Waals surface area (Å²) >= 11 is 18.2. The third kappa shape index (κ3) is 3.18. The SMILES string of the molecule is Cc1nn(C(C)C(=O)Nc2c(Cl)cccc2Cl)c(C)c1Cl. The van der Waals surface area contributed by atoms with Crippen LogP contribution in [0.4, 0.5) is 5.69 Å². The second kappa shape index (κ2) is 6.26. The van der Waals surface area contributed by atoms with E-state index in [1.54, 1.807) is 36.7 Å². The number of carbonyl (C=O) groups is 1. The van der Waals surface area contributed by atoms with E-state index in [2.05, 4.69) is 10.4 Å². The molecule has 0 saturated heterocycles. The predicted molar refractivity (Wildman–Crippen MR) is 86.5 cm³/mol. The van der Waals surface area contributed by atoms with Gasteiger partial charge in [-0.2, -0.15) is 5.10 Å². The molecule has 1 N–H and O–H groups in total. The van der Waals surface area contributed by atoms with Crippen LogP contribution in [0.15, 0.2) is 18.2 Å². The molecule has 112 valence electrons. The molecule has 1 atom stereocenters. The first kappa shape index (κ1) is 16.1. The molecule has 0 fully saturated rings. The van der Waals surface area contributed by atoms with E-state index < -0.39 is 6.04 Å². The molecule has 1 heterocycles. The first-order valence-corrected chi connectivity index (χ1v) is 7.42. The monoisotopic (exact) mass is 345 g/mol. The van der Waals surface area contributed by atoms with Crippen LogP contribution in [0.2, 0.25) is 15.1 Å². The Hall–Kier alpha value is -1.23. The van der Waals surface area contributed by atoms with Crippen molar-refractivity contribution in [2.24, 2.45) is 0 Å². The van der Waals surface area contributed by atoms with E-state index >= 15 is 0 Å². The van der Waals surface area contributed by atoms with Crippen LogP contribution in [0.5, 0.6) is 0 Å². The standard InChI is InChI=1S/C14H14Cl3N3O/c1-7-12(17)8(2)20(19-7)9(3)14(21)18-13-10(15)5-4-6-11(13)16/h4-6,9H,1-3H3,(H,18,21). The van der Waals surface area contributed by atoms with Crippen molar-refractivity contribution >= 4 is 46.4 Å². The molecule has 1 unspecified atom stereocenters. The molecular formula is C14H14Cl3N3O. The van der Waals surface area contributed by atoms with Crippen LogP contribution < -0.4 is 5.32 Å². The molecule has 0 aliphatic heterocycles. The van der Waals surface area contributed by atoms with Crippen molar-refractivity contribution in [1.82, 2.24) is 9.78 Å². The van der Waals surface area contributed by atoms with Crippen LogP contribution in [-0.4, -0.2) is 15.7 Å². The molecule has 0 aliphatic carbocycles. The van der Waals surface area contributed by atoms with Crippen LogP contribution in [0.1, 0.15) is 24.4 Å². The molecule has 0 radical (unpaired) electrons. The number of nitrogens with zero attached hydrogens (tertiary/aromatic N) is 2. The number of aromatic nitrogens is 2. The van der Waals surface area contributed by atoms with E-state index in [-0.39, 0.29) is 5.91 Å². The normalized spacial score (nSPS) is 12.3. The number of hydrogen-bond acceptors (Lipinski definition) is 2. The zero-order chi connectivity index (χ0) is 15.7. The van der Waals surface area contributed by atoms with Gasteiger partial charge in [-0.05, 0) is 32.9 Å². The van der Waals surface area contributed by atoms with Gasteiger partial charge in [0, 0.05) is 0 Å². The van der Waals surface area contributed by atoms with Gasteiger partial charge in [-0.15, -0.1) is 0 Å². The number of hydrogen-bond donors (Lipinski definition) is 1. The van der Waals surface area contributed by atoms with Crippen LogP contribution in [-0.2, 0) is 4.79 Å². The van der Waals surface area contributed by atoms with E-state index in [1.165, 1.54) is 0 Å². The van der Waals surface area contributed by atoms with E-state index in [0.29, 0.717) is 26.4 Å². The van der Waals surface area contributed by atoms with Crippen molar-refractivity contribution in [3.8, 4) is 0 Å². The molecule has 1 aromatic carbocycles. The number of aryl methyl sites for hydroxylation is 1. The van der Waals surface area contributed by atoms with Crippen LogP contribution >= 0.6 is 34.8 Å². The zero-order valence-corrected chi connectivity index (χ0v) is 14.0. The van der Waals surface area contributed by atoms with Crippen molar-refractivity contribution < 1.29 is 4.79 Å². The number of benzene rings is 1. The number of nitrogens with one attached hydrogen (secondary N) is 1. The van der Waals surface area contributed by atoms with Crippen molar-refractivity contribution in [2.75, 3.05) is 5.32 Å². The summed E-state index contributed by atoms with van der Waals surface area (Å²) in [4.78, 5) is 12.4. The highest BCUT2D eigenvalue weighted by atomic mass is 35.5. The maximum Gasteiger partial charge on any atom is 0.249 e. The fourth-order valence-corrected chi connectivity index (χ4v) is 2.59. The van der Waals surface area contributed by atoms with Gasteiger partial charge in [0.1, 0.15) is 6.04 Å². The van der Waals surface area contributed by atoms with Crippen LogP contribution in [0.25, 0.3) is 0 Å². The van der Waals surface area contributed by atoms with Crippen LogP contribution in [0, 0.1) is 13.8 Å². The molecule has 0 bridgehead atoms. The Labute approximate surface area is 138 Å². The highest BCUT2D eigenvalue weighted by molar-refractivity contribution is 6.39. The lowest BCUT2D eigenvalue weighted by Gasteiger charge is -2.16. The maximum atomic E-state index is 12.4. The predicted octanol–water partition coefficient (Wildman–Crippen LogP) is 4.66. The lowest BCUT2D eigenvalue weighted by Crippen LogP contribution is -2.25. The lowest BCUT2D eigenvalue weighted by molar-refractivity contribution is -0.119. The Morgan fingerprint density at radius 1 is 1.24 bits per heavy atom. The van der Waals surface area contributed by atoms with E-state index in [1.807, 2.05) is 6.92 Å². The van der Waals surface area contributed by atoms with E-state index in [9.17, 15) is 4.79 Å². The maximum absolute atomic E-state index is 12.4. The third-order valence-corrected chi connectivity index (χ3v) is 4.37. The fraction of sp³-hybridized carbons (Fsp3) is 0.286. The molecule has 0 aliphatic rings. The van der Waals surface area contributed by atoms with Crippen molar-refractivity contribution in [2.45, 2.75) is 26.8 Å². The quantitative estimate of drug-likeness (QED) is 0.878. The molecule has 1 amide bonds. The molecule has 0 saturated carbocycles. The van der Waals surface area contributed by atoms with Gasteiger partial charge in [-0.25, -0.2) is 0 Å². The minimum atomic E-state index is -0.538. The molecule has 7 heteroatoms. The number of rotatable bonds is 3. The Balaban J connectivity index is 2.26. The lowest BCUT2D eigenvalue weighted by atomic mass is 10.2. The average molecular weight is 347 g/mol. The van der Waals surface area contributed by atoms with Crippen LogP contribution in [0.3, 0.4) is 0 Å². The van der Waals surface area contributed by atoms with Crippen molar-refractivity contribution in [1.29, 1.82) is 0 Å². The highest BCUT2D eigenvalue weighted by Gasteiger charge is 2.21. The largest absolute Gasteiger partial charge is 0.322 e. The summed E-state index contributed by atoms with van der Waals surface area (Å²) in [6.45, 7) is 5.34. The molecule has 4 nitrogen and oxygen atoms in total. The molecule has 21 heavy (non-hydrogen) atoms. The highest BCUT2D eigenvalue weighted by Crippen LogP contribution is 2.31. The summed E-state index contributed by atoms with van der Waals surface area (Å²) in [7, 11) is 0. The summed E-state index contributed by atoms with van der Waals surface area (Å²) in [6.07, 6.45) is 0. The molecule has 0 spiro atoms. The first-order chi connectivity index (χ1) is 9.82. The number of amides is 1.